The zero-order valence-electron chi connectivity index (χ0n) is 8.63. The fraction of sp³-hybridized carbons (Fsp3) is 0. The van der Waals surface area contributed by atoms with Crippen molar-refractivity contribution in [2.45, 2.75) is 0 Å². The minimum atomic E-state index is 0.310. The van der Waals surface area contributed by atoms with Gasteiger partial charge < -0.3 is 10.5 Å². The van der Waals surface area contributed by atoms with Crippen molar-refractivity contribution in [1.82, 2.24) is 9.97 Å². The summed E-state index contributed by atoms with van der Waals surface area (Å²) in [6.07, 6.45) is 4.86. The number of nitrogens with zero attached hydrogens (tertiary/aromatic N) is 2. The third kappa shape index (κ3) is 3.21. The van der Waals surface area contributed by atoms with Gasteiger partial charge in [-0.2, -0.15) is 0 Å². The molecule has 6 heteroatoms. The number of rotatable bonds is 3. The smallest absolute Gasteiger partial charge is 0.219 e. The predicted molar refractivity (Wildman–Crippen MR) is 72.1 cm³/mol. The van der Waals surface area contributed by atoms with E-state index in [1.165, 1.54) is 0 Å². The van der Waals surface area contributed by atoms with Gasteiger partial charge in [-0.05, 0) is 28.1 Å². The van der Waals surface area contributed by atoms with Gasteiger partial charge in [0.15, 0.2) is 0 Å². The predicted octanol–water partition coefficient (Wildman–Crippen LogP) is 2.67. The molecule has 0 radical (unpaired) electrons. The second kappa shape index (κ2) is 5.20. The number of pyridine rings is 2. The number of hydrogen-bond donors (Lipinski definition) is 1. The van der Waals surface area contributed by atoms with Crippen molar-refractivity contribution in [3.05, 3.63) is 46.8 Å². The molecule has 0 atom stereocenters. The Morgan fingerprint density at radius 2 is 2.18 bits per heavy atom. The number of aromatic nitrogens is 2. The van der Waals surface area contributed by atoms with Crippen molar-refractivity contribution in [3.63, 3.8) is 0 Å². The van der Waals surface area contributed by atoms with E-state index in [0.29, 0.717) is 22.2 Å². The topological polar surface area (TPSA) is 61.0 Å². The molecule has 2 aromatic rings. The van der Waals surface area contributed by atoms with Gasteiger partial charge in [0.1, 0.15) is 10.7 Å². The van der Waals surface area contributed by atoms with E-state index >= 15 is 0 Å². The molecule has 2 rings (SSSR count). The second-order valence-corrected chi connectivity index (χ2v) is 4.54. The maximum absolute atomic E-state index is 5.53. The van der Waals surface area contributed by atoms with Gasteiger partial charge in [-0.25, -0.2) is 4.98 Å². The molecule has 0 fully saturated rings. The van der Waals surface area contributed by atoms with Gasteiger partial charge in [0, 0.05) is 28.5 Å². The van der Waals surface area contributed by atoms with Gasteiger partial charge >= 0.3 is 0 Å². The lowest BCUT2D eigenvalue weighted by Crippen LogP contribution is -2.09. The molecule has 0 amide bonds. The molecule has 0 aromatic carbocycles. The summed E-state index contributed by atoms with van der Waals surface area (Å²) in [6, 6.07) is 5.21. The van der Waals surface area contributed by atoms with Crippen LogP contribution >= 0.6 is 28.1 Å². The van der Waals surface area contributed by atoms with Crippen molar-refractivity contribution >= 4 is 33.1 Å². The summed E-state index contributed by atoms with van der Waals surface area (Å²) in [7, 11) is 0. The van der Waals surface area contributed by atoms with E-state index in [9.17, 15) is 0 Å². The van der Waals surface area contributed by atoms with Crippen molar-refractivity contribution in [1.29, 1.82) is 0 Å². The Hall–Kier alpha value is -1.53. The highest BCUT2D eigenvalue weighted by Gasteiger charge is 2.02. The third-order valence-corrected chi connectivity index (χ3v) is 2.59. The van der Waals surface area contributed by atoms with Crippen molar-refractivity contribution in [2.24, 2.45) is 5.73 Å². The molecule has 0 bridgehead atoms. The Morgan fingerprint density at radius 3 is 2.88 bits per heavy atom. The van der Waals surface area contributed by atoms with Gasteiger partial charge in [0.05, 0.1) is 6.20 Å². The molecular weight excluding hydrogens is 302 g/mol. The molecule has 0 saturated carbocycles. The van der Waals surface area contributed by atoms with Crippen LogP contribution in [0.3, 0.4) is 0 Å². The maximum atomic E-state index is 5.53. The number of halogens is 1. The molecule has 0 spiro atoms. The summed E-state index contributed by atoms with van der Waals surface area (Å²) in [6.45, 7) is 0. The highest BCUT2D eigenvalue weighted by atomic mass is 79.9. The third-order valence-electron chi connectivity index (χ3n) is 1.92. The summed E-state index contributed by atoms with van der Waals surface area (Å²) < 4.78 is 6.37. The molecule has 0 aliphatic rings. The fourth-order valence-corrected chi connectivity index (χ4v) is 1.66. The Labute approximate surface area is 112 Å². The lowest BCUT2D eigenvalue weighted by Gasteiger charge is -2.05. The first-order valence-corrected chi connectivity index (χ1v) is 5.89. The zero-order valence-corrected chi connectivity index (χ0v) is 11.0. The molecule has 0 unspecified atom stereocenters. The van der Waals surface area contributed by atoms with E-state index in [4.69, 9.17) is 22.7 Å². The summed E-state index contributed by atoms with van der Waals surface area (Å²) in [4.78, 5) is 8.36. The van der Waals surface area contributed by atoms with Crippen LogP contribution in [0.5, 0.6) is 11.6 Å². The largest absolute Gasteiger partial charge is 0.437 e. The first-order chi connectivity index (χ1) is 8.15. The highest BCUT2D eigenvalue weighted by Crippen LogP contribution is 2.22. The van der Waals surface area contributed by atoms with Crippen LogP contribution in [-0.2, 0) is 0 Å². The van der Waals surface area contributed by atoms with E-state index in [0.717, 1.165) is 4.47 Å². The Kier molecular flexibility index (Phi) is 3.65. The number of ether oxygens (including phenoxy) is 1. The molecule has 2 N–H and O–H groups in total. The molecule has 2 heterocycles. The Morgan fingerprint density at radius 1 is 1.35 bits per heavy atom. The van der Waals surface area contributed by atoms with E-state index < -0.39 is 0 Å². The van der Waals surface area contributed by atoms with Crippen LogP contribution in [0.25, 0.3) is 0 Å². The minimum Gasteiger partial charge on any atom is -0.437 e. The van der Waals surface area contributed by atoms with Gasteiger partial charge in [-0.1, -0.05) is 12.2 Å². The average molecular weight is 310 g/mol. The number of hydrogen-bond acceptors (Lipinski definition) is 4. The Bertz CT molecular complexity index is 562. The van der Waals surface area contributed by atoms with Crippen LogP contribution in [-0.4, -0.2) is 15.0 Å². The molecule has 17 heavy (non-hydrogen) atoms. The van der Waals surface area contributed by atoms with Gasteiger partial charge in [0.2, 0.25) is 5.88 Å². The van der Waals surface area contributed by atoms with Crippen LogP contribution in [0.1, 0.15) is 5.56 Å². The normalized spacial score (nSPS) is 9.94. The number of thiocarbonyl (C=S) groups is 1. The minimum absolute atomic E-state index is 0.310. The summed E-state index contributed by atoms with van der Waals surface area (Å²) in [5, 5.41) is 0. The molecule has 86 valence electrons. The van der Waals surface area contributed by atoms with Crippen molar-refractivity contribution in [3.8, 4) is 11.6 Å². The van der Waals surface area contributed by atoms with Crippen LogP contribution in [0.4, 0.5) is 0 Å². The molecule has 0 aliphatic carbocycles. The standard InChI is InChI=1S/C11H8BrN3OS/c12-8-4-9(6-14-5-8)16-10-3-7(11(13)17)1-2-15-10/h1-6H,(H2,13,17). The quantitative estimate of drug-likeness (QED) is 0.883. The van der Waals surface area contributed by atoms with E-state index in [1.54, 1.807) is 36.8 Å². The van der Waals surface area contributed by atoms with Crippen molar-refractivity contribution < 1.29 is 4.74 Å². The fourth-order valence-electron chi connectivity index (χ4n) is 1.19. The summed E-state index contributed by atoms with van der Waals surface area (Å²) >= 11 is 8.19. The van der Waals surface area contributed by atoms with E-state index in [1.807, 2.05) is 0 Å². The number of nitrogens with two attached hydrogens (primary N) is 1. The Balaban J connectivity index is 2.24. The molecule has 2 aromatic heterocycles. The highest BCUT2D eigenvalue weighted by molar-refractivity contribution is 9.10. The molecule has 0 saturated heterocycles. The van der Waals surface area contributed by atoms with Gasteiger partial charge in [0.25, 0.3) is 0 Å². The first kappa shape index (κ1) is 11.9. The SMILES string of the molecule is NC(=S)c1ccnc(Oc2cncc(Br)c2)c1. The van der Waals surface area contributed by atoms with Crippen LogP contribution < -0.4 is 10.5 Å². The second-order valence-electron chi connectivity index (χ2n) is 3.19. The summed E-state index contributed by atoms with van der Waals surface area (Å²) in [5.74, 6) is 1.02. The lowest BCUT2D eigenvalue weighted by molar-refractivity contribution is 0.460. The average Bonchev–Trinajstić information content (AvgIpc) is 2.29. The first-order valence-electron chi connectivity index (χ1n) is 4.69. The monoisotopic (exact) mass is 309 g/mol. The maximum Gasteiger partial charge on any atom is 0.219 e. The van der Waals surface area contributed by atoms with Crippen molar-refractivity contribution in [2.75, 3.05) is 0 Å². The zero-order chi connectivity index (χ0) is 12.3. The lowest BCUT2D eigenvalue weighted by atomic mass is 10.3. The molecule has 0 aliphatic heterocycles. The van der Waals surface area contributed by atoms with E-state index in [2.05, 4.69) is 25.9 Å². The molecule has 4 nitrogen and oxygen atoms in total. The van der Waals surface area contributed by atoms with E-state index in [-0.39, 0.29) is 0 Å². The van der Waals surface area contributed by atoms with Crippen LogP contribution in [0.2, 0.25) is 0 Å². The van der Waals surface area contributed by atoms with Crippen LogP contribution in [0, 0.1) is 0 Å². The molecular formula is C11H8BrN3OS. The summed E-state index contributed by atoms with van der Waals surface area (Å²) in [5.41, 5.74) is 6.24. The van der Waals surface area contributed by atoms with Gasteiger partial charge in [-0.15, -0.1) is 0 Å². The van der Waals surface area contributed by atoms with Crippen LogP contribution in [0.15, 0.2) is 41.3 Å². The van der Waals surface area contributed by atoms with Gasteiger partial charge in [-0.3, -0.25) is 4.98 Å².